The summed E-state index contributed by atoms with van der Waals surface area (Å²) >= 11 is 0. The minimum absolute atomic E-state index is 0.137. The second-order valence-electron chi connectivity index (χ2n) is 22.4. The van der Waals surface area contributed by atoms with Crippen LogP contribution in [0.1, 0.15) is 114 Å². The summed E-state index contributed by atoms with van der Waals surface area (Å²) in [7, 11) is 0. The smallest absolute Gasteiger partial charge is 0.0543 e. The Labute approximate surface area is 417 Å². The number of hydrogen-bond acceptors (Lipinski definition) is 2. The molecule has 0 bridgehead atoms. The average molecular weight is 913 g/mol. The molecule has 0 N–H and O–H groups in total. The van der Waals surface area contributed by atoms with Gasteiger partial charge in [0.15, 0.2) is 0 Å². The maximum absolute atomic E-state index is 2.58. The normalized spacial score (nSPS) is 12.3. The maximum atomic E-state index is 2.58. The molecule has 0 saturated carbocycles. The second-order valence-corrected chi connectivity index (χ2v) is 22.4. The lowest BCUT2D eigenvalue weighted by molar-refractivity contribution is 0.591. The molecular weight excluding hydrogens is 845 g/mol. The zero-order valence-corrected chi connectivity index (χ0v) is 43.4. The van der Waals surface area contributed by atoms with Crippen molar-refractivity contribution in [3.05, 3.63) is 215 Å². The van der Waals surface area contributed by atoms with Crippen LogP contribution in [0.25, 0.3) is 54.6 Å². The van der Waals surface area contributed by atoms with E-state index in [2.05, 4.69) is 275 Å². The van der Waals surface area contributed by atoms with Crippen LogP contribution in [0.5, 0.6) is 0 Å². The predicted molar refractivity (Wildman–Crippen MR) is 305 cm³/mol. The number of aryl methyl sites for hydroxylation is 2. The molecule has 0 saturated heterocycles. The van der Waals surface area contributed by atoms with Gasteiger partial charge in [-0.25, -0.2) is 0 Å². The van der Waals surface area contributed by atoms with Gasteiger partial charge >= 0.3 is 0 Å². The summed E-state index contributed by atoms with van der Waals surface area (Å²) in [5, 5.41) is 7.79. The van der Waals surface area contributed by atoms with E-state index in [1.54, 1.807) is 0 Å². The van der Waals surface area contributed by atoms with Crippen LogP contribution < -0.4 is 9.80 Å². The summed E-state index contributed by atoms with van der Waals surface area (Å²) in [6.45, 7) is 27.9. The highest BCUT2D eigenvalue weighted by Crippen LogP contribution is 2.53. The molecule has 350 valence electrons. The van der Waals surface area contributed by atoms with Crippen molar-refractivity contribution in [2.75, 3.05) is 9.80 Å². The zero-order valence-electron chi connectivity index (χ0n) is 43.4. The Morgan fingerprint density at radius 2 is 0.671 bits per heavy atom. The van der Waals surface area contributed by atoms with Gasteiger partial charge in [0.25, 0.3) is 0 Å². The summed E-state index contributed by atoms with van der Waals surface area (Å²) in [5.74, 6) is 0.535. The van der Waals surface area contributed by atoms with Gasteiger partial charge in [0.2, 0.25) is 0 Å². The average Bonchev–Trinajstić information content (AvgIpc) is 3.34. The van der Waals surface area contributed by atoms with Crippen molar-refractivity contribution in [3.63, 3.8) is 0 Å². The van der Waals surface area contributed by atoms with Crippen LogP contribution in [0.15, 0.2) is 182 Å². The first-order valence-electron chi connectivity index (χ1n) is 25.4. The van der Waals surface area contributed by atoms with E-state index >= 15 is 0 Å². The van der Waals surface area contributed by atoms with Crippen molar-refractivity contribution in [1.82, 2.24) is 0 Å². The molecular formula is C68H68N2. The molecule has 0 aliphatic carbocycles. The fourth-order valence-corrected chi connectivity index (χ4v) is 10.9. The Balaban J connectivity index is 1.35. The molecule has 0 radical (unpaired) electrons. The molecule has 70 heavy (non-hydrogen) atoms. The van der Waals surface area contributed by atoms with Gasteiger partial charge in [-0.05, 0) is 151 Å². The van der Waals surface area contributed by atoms with Crippen LogP contribution in [-0.2, 0) is 10.8 Å². The van der Waals surface area contributed by atoms with Crippen molar-refractivity contribution >= 4 is 66.4 Å². The van der Waals surface area contributed by atoms with Crippen LogP contribution in [-0.4, -0.2) is 0 Å². The molecule has 0 amide bonds. The van der Waals surface area contributed by atoms with Crippen LogP contribution in [0, 0.1) is 13.8 Å². The maximum Gasteiger partial charge on any atom is 0.0543 e. The lowest BCUT2D eigenvalue weighted by Crippen LogP contribution is -2.20. The van der Waals surface area contributed by atoms with E-state index in [4.69, 9.17) is 0 Å². The first-order valence-corrected chi connectivity index (χ1v) is 25.4. The van der Waals surface area contributed by atoms with E-state index in [1.807, 2.05) is 0 Å². The molecule has 10 rings (SSSR count). The fraction of sp³-hybridized carbons (Fsp3) is 0.235. The molecule has 0 aliphatic heterocycles. The molecule has 0 aliphatic rings. The highest BCUT2D eigenvalue weighted by molar-refractivity contribution is 6.29. The van der Waals surface area contributed by atoms with E-state index in [1.165, 1.54) is 111 Å². The Kier molecular flexibility index (Phi) is 12.0. The van der Waals surface area contributed by atoms with Gasteiger partial charge < -0.3 is 9.80 Å². The summed E-state index contributed by atoms with van der Waals surface area (Å²) in [6, 6.07) is 69.0. The standard InChI is InChI=1S/C68H68N2/c1-43(2)57-41-61(69(51-29-23-45(5)24-30-51)63-39-49(47-19-15-13-16-20-47)27-37-59(63)67(7,8)9)55-36-34-54-58(44(3)4)42-62(56-35-33-53(57)65(55)66(54)56)70(52-31-25-46(6)26-32-52)64-40-50(48-21-17-14-18-22-48)28-38-60(64)68(10,11)12/h13-44H,1-12H3. The number of anilines is 6. The summed E-state index contributed by atoms with van der Waals surface area (Å²) in [5.41, 5.74) is 19.4. The molecule has 2 nitrogen and oxygen atoms in total. The van der Waals surface area contributed by atoms with Crippen LogP contribution in [0.2, 0.25) is 0 Å². The third kappa shape index (κ3) is 8.42. The zero-order chi connectivity index (χ0) is 49.2. The monoisotopic (exact) mass is 913 g/mol. The summed E-state index contributed by atoms with van der Waals surface area (Å²) < 4.78 is 0. The number of benzene rings is 10. The molecule has 0 heterocycles. The van der Waals surface area contributed by atoms with Crippen molar-refractivity contribution in [2.45, 2.75) is 106 Å². The van der Waals surface area contributed by atoms with Gasteiger partial charge in [0.05, 0.1) is 22.7 Å². The highest BCUT2D eigenvalue weighted by Gasteiger charge is 2.31. The Morgan fingerprint density at radius 1 is 0.329 bits per heavy atom. The fourth-order valence-electron chi connectivity index (χ4n) is 10.9. The molecule has 0 fully saturated rings. The van der Waals surface area contributed by atoms with Gasteiger partial charge in [0, 0.05) is 22.1 Å². The molecule has 2 heteroatoms. The first kappa shape index (κ1) is 46.6. The molecule has 10 aromatic carbocycles. The van der Waals surface area contributed by atoms with Crippen molar-refractivity contribution in [2.24, 2.45) is 0 Å². The van der Waals surface area contributed by atoms with Gasteiger partial charge in [-0.1, -0.05) is 214 Å². The second kappa shape index (κ2) is 18.0. The summed E-state index contributed by atoms with van der Waals surface area (Å²) in [6.07, 6.45) is 0. The third-order valence-electron chi connectivity index (χ3n) is 14.5. The highest BCUT2D eigenvalue weighted by atomic mass is 15.2. The lowest BCUT2D eigenvalue weighted by Gasteiger charge is -2.35. The van der Waals surface area contributed by atoms with Crippen molar-refractivity contribution in [1.29, 1.82) is 0 Å². The first-order chi connectivity index (χ1) is 33.5. The topological polar surface area (TPSA) is 6.48 Å². The van der Waals surface area contributed by atoms with Crippen molar-refractivity contribution in [3.8, 4) is 22.3 Å². The Morgan fingerprint density at radius 3 is 1.00 bits per heavy atom. The van der Waals surface area contributed by atoms with Gasteiger partial charge in [-0.15, -0.1) is 0 Å². The van der Waals surface area contributed by atoms with Gasteiger partial charge in [0.1, 0.15) is 0 Å². The Bertz CT molecular complexity index is 3260. The lowest BCUT2D eigenvalue weighted by atomic mass is 9.82. The SMILES string of the molecule is Cc1ccc(N(c2cc(-c3ccccc3)ccc2C(C)(C)C)c2cc(C(C)C)c3ccc4c(N(c5ccc(C)cc5)c5cc(-c6ccccc6)ccc5C(C)(C)C)cc(C(C)C)c5ccc2c3c54)cc1. The van der Waals surface area contributed by atoms with Crippen LogP contribution >= 0.6 is 0 Å². The van der Waals surface area contributed by atoms with E-state index < -0.39 is 0 Å². The number of nitrogens with zero attached hydrogens (tertiary/aromatic N) is 2. The van der Waals surface area contributed by atoms with E-state index in [0.717, 1.165) is 11.4 Å². The van der Waals surface area contributed by atoms with E-state index in [-0.39, 0.29) is 22.7 Å². The molecule has 10 aromatic rings. The molecule has 0 spiro atoms. The minimum atomic E-state index is -0.137. The van der Waals surface area contributed by atoms with Gasteiger partial charge in [-0.2, -0.15) is 0 Å². The van der Waals surface area contributed by atoms with E-state index in [0.29, 0.717) is 0 Å². The number of hydrogen-bond donors (Lipinski definition) is 0. The number of rotatable bonds is 10. The molecule has 0 aromatic heterocycles. The van der Waals surface area contributed by atoms with Crippen LogP contribution in [0.3, 0.4) is 0 Å². The minimum Gasteiger partial charge on any atom is -0.310 e. The Hall–Kier alpha value is -7.16. The van der Waals surface area contributed by atoms with E-state index in [9.17, 15) is 0 Å². The summed E-state index contributed by atoms with van der Waals surface area (Å²) in [4.78, 5) is 5.16. The largest absolute Gasteiger partial charge is 0.310 e. The van der Waals surface area contributed by atoms with Crippen LogP contribution in [0.4, 0.5) is 34.1 Å². The quantitative estimate of drug-likeness (QED) is 0.126. The molecule has 0 atom stereocenters. The van der Waals surface area contributed by atoms with Gasteiger partial charge in [-0.3, -0.25) is 0 Å². The molecule has 0 unspecified atom stereocenters. The van der Waals surface area contributed by atoms with Crippen molar-refractivity contribution < 1.29 is 0 Å². The predicted octanol–water partition coefficient (Wildman–Crippen LogP) is 20.3. The third-order valence-corrected chi connectivity index (χ3v) is 14.5.